The van der Waals surface area contributed by atoms with Gasteiger partial charge in [-0.25, -0.2) is 0 Å². The maximum atomic E-state index is 12.9. The molecule has 0 saturated heterocycles. The highest BCUT2D eigenvalue weighted by Crippen LogP contribution is 2.50. The molecule has 0 saturated carbocycles. The molecule has 1 aliphatic heterocycles. The van der Waals surface area contributed by atoms with Crippen molar-refractivity contribution >= 4 is 29.5 Å². The molecule has 5 nitrogen and oxygen atoms in total. The first-order valence-electron chi connectivity index (χ1n) is 13.3. The Hall–Kier alpha value is -4.03. The summed E-state index contributed by atoms with van der Waals surface area (Å²) < 4.78 is 2.27. The van der Waals surface area contributed by atoms with Crippen LogP contribution in [0.3, 0.4) is 0 Å². The molecule has 0 spiro atoms. The number of carboxylic acid groups (broad SMARTS) is 1. The number of amides is 1. The van der Waals surface area contributed by atoms with Crippen LogP contribution in [0.2, 0.25) is 0 Å². The number of nitrogens with zero attached hydrogens (tertiary/aromatic N) is 2. The predicted octanol–water partition coefficient (Wildman–Crippen LogP) is 7.54. The number of anilines is 1. The SMILES string of the molecule is CSN1Cc2cc(-c3ccccc3C(=O)N(C)C)ccc2-c2c(C)c(-c3ccc(C)cc3)c(CC(=O)O)c(C)c21. The highest BCUT2D eigenvalue weighted by molar-refractivity contribution is 7.99. The fourth-order valence-corrected chi connectivity index (χ4v) is 6.54. The number of fused-ring (bicyclic) bond motifs is 3. The van der Waals surface area contributed by atoms with Crippen LogP contribution in [0.1, 0.15) is 38.2 Å². The van der Waals surface area contributed by atoms with Crippen molar-refractivity contribution < 1.29 is 14.7 Å². The van der Waals surface area contributed by atoms with Crippen molar-refractivity contribution in [3.05, 3.63) is 100 Å². The first kappa shape index (κ1) is 27.5. The number of carboxylic acids is 1. The van der Waals surface area contributed by atoms with Gasteiger partial charge in [-0.1, -0.05) is 72.1 Å². The third kappa shape index (κ3) is 4.77. The van der Waals surface area contributed by atoms with Crippen molar-refractivity contribution in [3.8, 4) is 33.4 Å². The van der Waals surface area contributed by atoms with Crippen molar-refractivity contribution in [2.75, 3.05) is 24.7 Å². The van der Waals surface area contributed by atoms with Crippen LogP contribution in [-0.4, -0.2) is 42.2 Å². The van der Waals surface area contributed by atoms with Crippen LogP contribution in [0.4, 0.5) is 5.69 Å². The summed E-state index contributed by atoms with van der Waals surface area (Å²) in [4.78, 5) is 26.6. The molecule has 40 heavy (non-hydrogen) atoms. The number of aliphatic carboxylic acids is 1. The minimum Gasteiger partial charge on any atom is -0.481 e. The van der Waals surface area contributed by atoms with Crippen molar-refractivity contribution in [1.29, 1.82) is 0 Å². The maximum Gasteiger partial charge on any atom is 0.307 e. The fraction of sp³-hybridized carbons (Fsp3) is 0.235. The minimum absolute atomic E-state index is 0.0235. The number of rotatable bonds is 6. The van der Waals surface area contributed by atoms with Crippen molar-refractivity contribution in [3.63, 3.8) is 0 Å². The van der Waals surface area contributed by atoms with Gasteiger partial charge >= 0.3 is 5.97 Å². The van der Waals surface area contributed by atoms with E-state index in [4.69, 9.17) is 0 Å². The summed E-state index contributed by atoms with van der Waals surface area (Å²) in [6, 6.07) is 22.6. The molecule has 204 valence electrons. The predicted molar refractivity (Wildman–Crippen MR) is 166 cm³/mol. The van der Waals surface area contributed by atoms with Crippen LogP contribution < -0.4 is 4.31 Å². The number of aryl methyl sites for hydroxylation is 1. The average molecular weight is 551 g/mol. The van der Waals surface area contributed by atoms with Crippen LogP contribution in [0, 0.1) is 20.8 Å². The van der Waals surface area contributed by atoms with E-state index < -0.39 is 5.97 Å². The van der Waals surface area contributed by atoms with Crippen molar-refractivity contribution in [1.82, 2.24) is 4.90 Å². The maximum absolute atomic E-state index is 12.9. The van der Waals surface area contributed by atoms with Gasteiger partial charge in [-0.3, -0.25) is 9.59 Å². The number of carbonyl (C=O) groups excluding carboxylic acids is 1. The van der Waals surface area contributed by atoms with Crippen LogP contribution in [-0.2, 0) is 17.8 Å². The number of hydrogen-bond donors (Lipinski definition) is 1. The molecule has 4 aromatic carbocycles. The highest BCUT2D eigenvalue weighted by atomic mass is 32.2. The second-order valence-electron chi connectivity index (χ2n) is 10.6. The lowest BCUT2D eigenvalue weighted by Crippen LogP contribution is -2.23. The molecule has 0 aromatic heterocycles. The summed E-state index contributed by atoms with van der Waals surface area (Å²) >= 11 is 1.64. The molecule has 1 heterocycles. The Bertz CT molecular complexity index is 1640. The van der Waals surface area contributed by atoms with Gasteiger partial charge in [0.2, 0.25) is 0 Å². The zero-order valence-electron chi connectivity index (χ0n) is 23.8. The summed E-state index contributed by atoms with van der Waals surface area (Å²) in [5.74, 6) is -0.858. The molecule has 6 heteroatoms. The van der Waals surface area contributed by atoms with E-state index in [0.29, 0.717) is 12.1 Å². The quantitative estimate of drug-likeness (QED) is 0.251. The molecular weight excluding hydrogens is 516 g/mol. The summed E-state index contributed by atoms with van der Waals surface area (Å²) in [6.45, 7) is 6.91. The van der Waals surface area contributed by atoms with Crippen LogP contribution in [0.5, 0.6) is 0 Å². The molecule has 0 aliphatic carbocycles. The van der Waals surface area contributed by atoms with Crippen molar-refractivity contribution in [2.24, 2.45) is 0 Å². The first-order valence-corrected chi connectivity index (χ1v) is 14.5. The Balaban J connectivity index is 1.76. The Labute approximate surface area is 240 Å². The van der Waals surface area contributed by atoms with Crippen LogP contribution in [0.25, 0.3) is 33.4 Å². The Kier molecular flexibility index (Phi) is 7.47. The van der Waals surface area contributed by atoms with Crippen LogP contribution >= 0.6 is 11.9 Å². The zero-order valence-corrected chi connectivity index (χ0v) is 24.6. The van der Waals surface area contributed by atoms with E-state index in [0.717, 1.165) is 61.3 Å². The first-order chi connectivity index (χ1) is 19.1. The van der Waals surface area contributed by atoms with Gasteiger partial charge < -0.3 is 14.3 Å². The fourth-order valence-electron chi connectivity index (χ4n) is 5.86. The minimum atomic E-state index is -0.835. The molecule has 0 fully saturated rings. The van der Waals surface area contributed by atoms with Gasteiger partial charge in [0, 0.05) is 31.5 Å². The van der Waals surface area contributed by atoms with E-state index in [1.54, 1.807) is 30.9 Å². The van der Waals surface area contributed by atoms with E-state index in [2.05, 4.69) is 73.8 Å². The molecule has 0 unspecified atom stereocenters. The Morgan fingerprint density at radius 1 is 0.875 bits per heavy atom. The summed E-state index contributed by atoms with van der Waals surface area (Å²) in [5, 5.41) is 9.87. The normalized spacial score (nSPS) is 12.1. The zero-order chi connectivity index (χ0) is 28.7. The molecule has 0 radical (unpaired) electrons. The molecule has 0 atom stereocenters. The van der Waals surface area contributed by atoms with Crippen molar-refractivity contribution in [2.45, 2.75) is 33.7 Å². The smallest absolute Gasteiger partial charge is 0.307 e. The van der Waals surface area contributed by atoms with Gasteiger partial charge in [-0.05, 0) is 83.0 Å². The van der Waals surface area contributed by atoms with Gasteiger partial charge in [-0.2, -0.15) is 0 Å². The van der Waals surface area contributed by atoms with E-state index in [1.807, 2.05) is 24.3 Å². The van der Waals surface area contributed by atoms with Gasteiger partial charge in [0.15, 0.2) is 0 Å². The summed E-state index contributed by atoms with van der Waals surface area (Å²) in [5.41, 5.74) is 13.3. The molecule has 0 bridgehead atoms. The van der Waals surface area contributed by atoms with E-state index >= 15 is 0 Å². The highest BCUT2D eigenvalue weighted by Gasteiger charge is 2.30. The summed E-state index contributed by atoms with van der Waals surface area (Å²) in [7, 11) is 3.54. The van der Waals surface area contributed by atoms with E-state index in [1.165, 1.54) is 5.56 Å². The molecule has 4 aromatic rings. The number of benzene rings is 4. The number of hydrogen-bond acceptors (Lipinski definition) is 4. The summed E-state index contributed by atoms with van der Waals surface area (Å²) in [6.07, 6.45) is 2.02. The second kappa shape index (κ2) is 10.9. The van der Waals surface area contributed by atoms with Crippen LogP contribution in [0.15, 0.2) is 66.7 Å². The van der Waals surface area contributed by atoms with Gasteiger partial charge in [-0.15, -0.1) is 0 Å². The Morgan fingerprint density at radius 2 is 1.55 bits per heavy atom. The molecule has 1 amide bonds. The third-order valence-corrected chi connectivity index (χ3v) is 8.55. The number of carbonyl (C=O) groups is 2. The lowest BCUT2D eigenvalue weighted by Gasteiger charge is -2.36. The van der Waals surface area contributed by atoms with Gasteiger partial charge in [0.05, 0.1) is 18.7 Å². The third-order valence-electron chi connectivity index (χ3n) is 7.80. The lowest BCUT2D eigenvalue weighted by atomic mass is 9.80. The van der Waals surface area contributed by atoms with E-state index in [-0.39, 0.29) is 12.3 Å². The molecule has 1 aliphatic rings. The van der Waals surface area contributed by atoms with Gasteiger partial charge in [0.1, 0.15) is 0 Å². The standard InChI is InChI=1S/C34H34N2O3S/c1-20-11-13-23(14-12-20)31-22(3)32-27-16-15-24(26-9-7-8-10-28(26)34(39)35(4)5)17-25(27)19-36(40-6)33(32)21(2)29(31)18-30(37)38/h7-17H,18-19H2,1-6H3,(H,37,38). The largest absolute Gasteiger partial charge is 0.481 e. The average Bonchev–Trinajstić information content (AvgIpc) is 2.94. The molecule has 5 rings (SSSR count). The Morgan fingerprint density at radius 3 is 2.20 bits per heavy atom. The molecule has 1 N–H and O–H groups in total. The van der Waals surface area contributed by atoms with E-state index in [9.17, 15) is 14.7 Å². The van der Waals surface area contributed by atoms with Gasteiger partial charge in [0.25, 0.3) is 5.91 Å². The topological polar surface area (TPSA) is 60.9 Å². The molecular formula is C34H34N2O3S. The lowest BCUT2D eigenvalue weighted by molar-refractivity contribution is -0.136. The monoisotopic (exact) mass is 550 g/mol. The second-order valence-corrected chi connectivity index (χ2v) is 11.4.